The van der Waals surface area contributed by atoms with Crippen molar-refractivity contribution in [2.45, 2.75) is 0 Å². The number of Topliss-reactive ketones (excluding diaryl/α,β-unsaturated/α-hetero) is 1. The second kappa shape index (κ2) is 3.27. The molecule has 0 amide bonds. The van der Waals surface area contributed by atoms with Gasteiger partial charge >= 0.3 is 0 Å². The average Bonchev–Trinajstić information content (AvgIpc) is 2.56. The molecule has 0 aliphatic rings. The number of hydrogen-bond acceptors (Lipinski definition) is 2. The lowest BCUT2D eigenvalue weighted by molar-refractivity contribution is 0.0905. The second-order valence-electron chi connectivity index (χ2n) is 3.25. The van der Waals surface area contributed by atoms with Gasteiger partial charge in [0.1, 0.15) is 6.61 Å². The van der Waals surface area contributed by atoms with Crippen LogP contribution in [-0.2, 0) is 7.05 Å². The number of fused-ring (bicyclic) bond motifs is 1. The number of carbonyl (C=O) groups is 1. The Bertz CT molecular complexity index is 485. The Labute approximate surface area is 81.6 Å². The van der Waals surface area contributed by atoms with E-state index in [9.17, 15) is 4.79 Å². The standard InChI is InChI=1S/C11H11NO2/c1-12-6-9(11(14)7-13)8-4-2-3-5-10(8)12/h2-6,13H,7H2,1H3. The summed E-state index contributed by atoms with van der Waals surface area (Å²) < 4.78 is 1.89. The minimum Gasteiger partial charge on any atom is -0.388 e. The molecule has 0 fully saturated rings. The van der Waals surface area contributed by atoms with Crippen LogP contribution in [0.25, 0.3) is 10.9 Å². The minimum atomic E-state index is -0.437. The van der Waals surface area contributed by atoms with Crippen molar-refractivity contribution in [2.24, 2.45) is 7.05 Å². The number of ketones is 1. The lowest BCUT2D eigenvalue weighted by Crippen LogP contribution is -2.03. The highest BCUT2D eigenvalue weighted by molar-refractivity contribution is 6.08. The van der Waals surface area contributed by atoms with Crippen molar-refractivity contribution >= 4 is 16.7 Å². The monoisotopic (exact) mass is 189 g/mol. The van der Waals surface area contributed by atoms with E-state index in [0.29, 0.717) is 5.56 Å². The van der Waals surface area contributed by atoms with Crippen LogP contribution in [0.4, 0.5) is 0 Å². The molecule has 0 saturated heterocycles. The molecule has 3 heteroatoms. The van der Waals surface area contributed by atoms with Crippen molar-refractivity contribution in [2.75, 3.05) is 6.61 Å². The first-order chi connectivity index (χ1) is 6.74. The molecular weight excluding hydrogens is 178 g/mol. The molecule has 0 radical (unpaired) electrons. The number of carbonyl (C=O) groups excluding carboxylic acids is 1. The lowest BCUT2D eigenvalue weighted by Gasteiger charge is -1.93. The predicted octanol–water partition coefficient (Wildman–Crippen LogP) is 1.35. The summed E-state index contributed by atoms with van der Waals surface area (Å²) in [7, 11) is 1.89. The van der Waals surface area contributed by atoms with Gasteiger partial charge in [-0.1, -0.05) is 18.2 Å². The summed E-state index contributed by atoms with van der Waals surface area (Å²) in [4.78, 5) is 11.4. The minimum absolute atomic E-state index is 0.234. The van der Waals surface area contributed by atoms with E-state index in [1.54, 1.807) is 6.20 Å². The van der Waals surface area contributed by atoms with E-state index in [-0.39, 0.29) is 5.78 Å². The molecule has 2 rings (SSSR count). The maximum Gasteiger partial charge on any atom is 0.190 e. The third kappa shape index (κ3) is 1.22. The maximum atomic E-state index is 11.4. The number of aliphatic hydroxyl groups excluding tert-OH is 1. The van der Waals surface area contributed by atoms with Crippen molar-refractivity contribution in [3.05, 3.63) is 36.0 Å². The summed E-state index contributed by atoms with van der Waals surface area (Å²) in [5, 5.41) is 9.70. The Morgan fingerprint density at radius 2 is 2.14 bits per heavy atom. The summed E-state index contributed by atoms with van der Waals surface area (Å²) >= 11 is 0. The van der Waals surface area contributed by atoms with E-state index >= 15 is 0 Å². The molecule has 1 heterocycles. The van der Waals surface area contributed by atoms with Gasteiger partial charge in [0, 0.05) is 29.7 Å². The molecule has 0 unspecified atom stereocenters. The number of aromatic nitrogens is 1. The van der Waals surface area contributed by atoms with E-state index in [4.69, 9.17) is 5.11 Å². The molecule has 0 aliphatic carbocycles. The van der Waals surface area contributed by atoms with E-state index in [0.717, 1.165) is 10.9 Å². The molecule has 0 bridgehead atoms. The number of para-hydroxylation sites is 1. The van der Waals surface area contributed by atoms with Crippen LogP contribution in [0.1, 0.15) is 10.4 Å². The van der Waals surface area contributed by atoms with Crippen molar-refractivity contribution < 1.29 is 9.90 Å². The molecule has 0 atom stereocenters. The molecule has 0 aliphatic heterocycles. The zero-order valence-corrected chi connectivity index (χ0v) is 7.90. The second-order valence-corrected chi connectivity index (χ2v) is 3.25. The maximum absolute atomic E-state index is 11.4. The number of nitrogens with zero attached hydrogens (tertiary/aromatic N) is 1. The highest BCUT2D eigenvalue weighted by Crippen LogP contribution is 2.20. The van der Waals surface area contributed by atoms with Crippen molar-refractivity contribution in [3.63, 3.8) is 0 Å². The Morgan fingerprint density at radius 1 is 1.43 bits per heavy atom. The van der Waals surface area contributed by atoms with E-state index in [2.05, 4.69) is 0 Å². The number of aliphatic hydroxyl groups is 1. The normalized spacial score (nSPS) is 10.7. The molecule has 1 aromatic carbocycles. The van der Waals surface area contributed by atoms with Gasteiger partial charge in [-0.3, -0.25) is 4.79 Å². The summed E-state index contributed by atoms with van der Waals surface area (Å²) in [5.74, 6) is -0.234. The van der Waals surface area contributed by atoms with Crippen LogP contribution in [0.2, 0.25) is 0 Å². The summed E-state index contributed by atoms with van der Waals surface area (Å²) in [6.07, 6.45) is 1.75. The molecular formula is C11H11NO2. The van der Waals surface area contributed by atoms with Gasteiger partial charge in [0.2, 0.25) is 0 Å². The highest BCUT2D eigenvalue weighted by atomic mass is 16.3. The molecule has 0 saturated carbocycles. The first kappa shape index (κ1) is 8.97. The van der Waals surface area contributed by atoms with Crippen LogP contribution in [0.3, 0.4) is 0 Å². The van der Waals surface area contributed by atoms with Crippen molar-refractivity contribution in [3.8, 4) is 0 Å². The van der Waals surface area contributed by atoms with Crippen LogP contribution in [0.5, 0.6) is 0 Å². The summed E-state index contributed by atoms with van der Waals surface area (Å²) in [6, 6.07) is 7.65. The average molecular weight is 189 g/mol. The van der Waals surface area contributed by atoms with Crippen LogP contribution >= 0.6 is 0 Å². The van der Waals surface area contributed by atoms with Crippen LogP contribution in [0.15, 0.2) is 30.5 Å². The van der Waals surface area contributed by atoms with Crippen molar-refractivity contribution in [1.29, 1.82) is 0 Å². The molecule has 72 valence electrons. The fourth-order valence-electron chi connectivity index (χ4n) is 1.65. The van der Waals surface area contributed by atoms with Crippen LogP contribution in [0, 0.1) is 0 Å². The smallest absolute Gasteiger partial charge is 0.190 e. The molecule has 3 nitrogen and oxygen atoms in total. The Balaban J connectivity index is 2.72. The van der Waals surface area contributed by atoms with Gasteiger partial charge in [0.25, 0.3) is 0 Å². The van der Waals surface area contributed by atoms with Gasteiger partial charge in [-0.05, 0) is 6.07 Å². The molecule has 1 aromatic heterocycles. The summed E-state index contributed by atoms with van der Waals surface area (Å²) in [5.41, 5.74) is 1.59. The molecule has 14 heavy (non-hydrogen) atoms. The third-order valence-corrected chi connectivity index (χ3v) is 2.34. The molecule has 2 aromatic rings. The Kier molecular flexibility index (Phi) is 2.09. The topological polar surface area (TPSA) is 42.2 Å². The van der Waals surface area contributed by atoms with Gasteiger partial charge in [0.05, 0.1) is 0 Å². The number of hydrogen-bond donors (Lipinski definition) is 1. The van der Waals surface area contributed by atoms with Crippen molar-refractivity contribution in [1.82, 2.24) is 4.57 Å². The quantitative estimate of drug-likeness (QED) is 0.724. The first-order valence-corrected chi connectivity index (χ1v) is 4.42. The van der Waals surface area contributed by atoms with Crippen LogP contribution in [-0.4, -0.2) is 22.1 Å². The van der Waals surface area contributed by atoms with Gasteiger partial charge in [0.15, 0.2) is 5.78 Å². The fourth-order valence-corrected chi connectivity index (χ4v) is 1.65. The zero-order chi connectivity index (χ0) is 10.1. The number of benzene rings is 1. The fraction of sp³-hybridized carbons (Fsp3) is 0.182. The highest BCUT2D eigenvalue weighted by Gasteiger charge is 2.11. The zero-order valence-electron chi connectivity index (χ0n) is 7.90. The predicted molar refractivity (Wildman–Crippen MR) is 54.3 cm³/mol. The molecule has 1 N–H and O–H groups in total. The van der Waals surface area contributed by atoms with E-state index < -0.39 is 6.61 Å². The van der Waals surface area contributed by atoms with Gasteiger partial charge in [-0.25, -0.2) is 0 Å². The Hall–Kier alpha value is -1.61. The SMILES string of the molecule is Cn1cc(C(=O)CO)c2ccccc21. The number of aryl methyl sites for hydroxylation is 1. The van der Waals surface area contributed by atoms with Crippen LogP contribution < -0.4 is 0 Å². The number of rotatable bonds is 2. The largest absolute Gasteiger partial charge is 0.388 e. The van der Waals surface area contributed by atoms with Gasteiger partial charge < -0.3 is 9.67 Å². The lowest BCUT2D eigenvalue weighted by atomic mass is 10.1. The first-order valence-electron chi connectivity index (χ1n) is 4.42. The van der Waals surface area contributed by atoms with E-state index in [1.165, 1.54) is 0 Å². The third-order valence-electron chi connectivity index (χ3n) is 2.34. The van der Waals surface area contributed by atoms with Gasteiger partial charge in [-0.15, -0.1) is 0 Å². The van der Waals surface area contributed by atoms with E-state index in [1.807, 2.05) is 35.9 Å². The Morgan fingerprint density at radius 3 is 2.86 bits per heavy atom. The molecule has 0 spiro atoms. The van der Waals surface area contributed by atoms with Gasteiger partial charge in [-0.2, -0.15) is 0 Å². The summed E-state index contributed by atoms with van der Waals surface area (Å²) in [6.45, 7) is -0.437.